The summed E-state index contributed by atoms with van der Waals surface area (Å²) in [6, 6.07) is 2.24. The molecule has 0 fully saturated rings. The summed E-state index contributed by atoms with van der Waals surface area (Å²) in [6.07, 6.45) is 3.00. The van der Waals surface area contributed by atoms with Crippen LogP contribution in [0, 0.1) is 6.92 Å². The Balaban J connectivity index is 2.01. The van der Waals surface area contributed by atoms with Crippen LogP contribution in [-0.4, -0.2) is 19.3 Å². The molecule has 4 heteroatoms. The summed E-state index contributed by atoms with van der Waals surface area (Å²) in [5.41, 5.74) is 3.77. The summed E-state index contributed by atoms with van der Waals surface area (Å²) in [7, 11) is 0. The molecule has 90 valence electrons. The van der Waals surface area contributed by atoms with Gasteiger partial charge in [-0.2, -0.15) is 5.10 Å². The highest BCUT2D eigenvalue weighted by Gasteiger charge is 2.17. The van der Waals surface area contributed by atoms with Crippen molar-refractivity contribution < 1.29 is 0 Å². The lowest BCUT2D eigenvalue weighted by molar-refractivity contribution is 0.618. The first-order valence-corrected chi connectivity index (χ1v) is 6.23. The molecule has 2 aromatic heterocycles. The van der Waals surface area contributed by atoms with Gasteiger partial charge in [-0.15, -0.1) is 0 Å². The monoisotopic (exact) mass is 230 g/mol. The standard InChI is InChI=1S/C13H18N4/c1-9(2)12-6-11-4-5-16-10(3)7-14-13(16)8-17(11)15-12/h6-7,9H,4-5,8H2,1-3H3. The molecule has 17 heavy (non-hydrogen) atoms. The van der Waals surface area contributed by atoms with Gasteiger partial charge in [0.25, 0.3) is 0 Å². The van der Waals surface area contributed by atoms with Gasteiger partial charge < -0.3 is 4.57 Å². The summed E-state index contributed by atoms with van der Waals surface area (Å²) >= 11 is 0. The minimum Gasteiger partial charge on any atom is -0.330 e. The zero-order valence-corrected chi connectivity index (χ0v) is 10.6. The van der Waals surface area contributed by atoms with Crippen LogP contribution in [-0.2, 0) is 19.5 Å². The first-order valence-electron chi connectivity index (χ1n) is 6.23. The van der Waals surface area contributed by atoms with Gasteiger partial charge in [0.05, 0.1) is 12.2 Å². The Bertz CT molecular complexity index is 548. The lowest BCUT2D eigenvalue weighted by Crippen LogP contribution is -2.07. The van der Waals surface area contributed by atoms with Crippen molar-refractivity contribution >= 4 is 0 Å². The molecule has 0 unspecified atom stereocenters. The molecule has 4 nitrogen and oxygen atoms in total. The van der Waals surface area contributed by atoms with Gasteiger partial charge in [-0.1, -0.05) is 13.8 Å². The Morgan fingerprint density at radius 3 is 2.94 bits per heavy atom. The molecular formula is C13H18N4. The second-order valence-electron chi connectivity index (χ2n) is 5.09. The molecule has 1 aliphatic heterocycles. The molecule has 0 spiro atoms. The number of hydrogen-bond donors (Lipinski definition) is 0. The average molecular weight is 230 g/mol. The largest absolute Gasteiger partial charge is 0.330 e. The number of imidazole rings is 1. The molecular weight excluding hydrogens is 212 g/mol. The molecule has 0 aliphatic carbocycles. The summed E-state index contributed by atoms with van der Waals surface area (Å²) in [5, 5.41) is 4.68. The molecule has 3 rings (SSSR count). The van der Waals surface area contributed by atoms with Crippen LogP contribution >= 0.6 is 0 Å². The fourth-order valence-electron chi connectivity index (χ4n) is 2.40. The maximum Gasteiger partial charge on any atom is 0.130 e. The van der Waals surface area contributed by atoms with E-state index < -0.39 is 0 Å². The number of aromatic nitrogens is 4. The molecule has 2 aromatic rings. The van der Waals surface area contributed by atoms with Crippen molar-refractivity contribution in [3.63, 3.8) is 0 Å². The predicted octanol–water partition coefficient (Wildman–Crippen LogP) is 2.12. The summed E-state index contributed by atoms with van der Waals surface area (Å²) < 4.78 is 4.41. The summed E-state index contributed by atoms with van der Waals surface area (Å²) in [5.74, 6) is 1.62. The second kappa shape index (κ2) is 3.72. The van der Waals surface area contributed by atoms with Gasteiger partial charge in [0, 0.05) is 30.6 Å². The Morgan fingerprint density at radius 2 is 2.18 bits per heavy atom. The van der Waals surface area contributed by atoms with Crippen molar-refractivity contribution in [3.05, 3.63) is 35.2 Å². The van der Waals surface area contributed by atoms with E-state index in [0.29, 0.717) is 5.92 Å². The zero-order chi connectivity index (χ0) is 12.0. The van der Waals surface area contributed by atoms with E-state index in [1.807, 2.05) is 6.20 Å². The van der Waals surface area contributed by atoms with E-state index in [9.17, 15) is 0 Å². The van der Waals surface area contributed by atoms with Crippen molar-refractivity contribution in [1.82, 2.24) is 19.3 Å². The van der Waals surface area contributed by atoms with E-state index in [1.54, 1.807) is 0 Å². The third-order valence-corrected chi connectivity index (χ3v) is 3.49. The molecule has 1 aliphatic rings. The van der Waals surface area contributed by atoms with Crippen LogP contribution in [0.1, 0.15) is 42.7 Å². The normalized spacial score (nSPS) is 14.6. The van der Waals surface area contributed by atoms with E-state index in [2.05, 4.69) is 46.2 Å². The first kappa shape index (κ1) is 10.6. The molecule has 0 atom stereocenters. The number of hydrogen-bond acceptors (Lipinski definition) is 2. The Hall–Kier alpha value is -1.58. The van der Waals surface area contributed by atoms with Gasteiger partial charge in [0.15, 0.2) is 0 Å². The van der Waals surface area contributed by atoms with Crippen LogP contribution in [0.5, 0.6) is 0 Å². The lowest BCUT2D eigenvalue weighted by Gasteiger charge is -2.04. The van der Waals surface area contributed by atoms with Crippen LogP contribution in [0.15, 0.2) is 12.3 Å². The number of fused-ring (bicyclic) bond motifs is 2. The predicted molar refractivity (Wildman–Crippen MR) is 66.1 cm³/mol. The lowest BCUT2D eigenvalue weighted by atomic mass is 10.1. The minimum atomic E-state index is 0.496. The van der Waals surface area contributed by atoms with Gasteiger partial charge in [-0.3, -0.25) is 4.68 Å². The van der Waals surface area contributed by atoms with E-state index in [0.717, 1.165) is 25.3 Å². The maximum atomic E-state index is 4.68. The van der Waals surface area contributed by atoms with E-state index in [4.69, 9.17) is 0 Å². The van der Waals surface area contributed by atoms with Gasteiger partial charge in [-0.25, -0.2) is 4.98 Å². The van der Waals surface area contributed by atoms with Crippen LogP contribution < -0.4 is 0 Å². The van der Waals surface area contributed by atoms with Crippen LogP contribution in [0.2, 0.25) is 0 Å². The maximum absolute atomic E-state index is 4.68. The highest BCUT2D eigenvalue weighted by atomic mass is 15.3. The fourth-order valence-corrected chi connectivity index (χ4v) is 2.40. The smallest absolute Gasteiger partial charge is 0.130 e. The van der Waals surface area contributed by atoms with Crippen molar-refractivity contribution in [1.29, 1.82) is 0 Å². The van der Waals surface area contributed by atoms with Crippen LogP contribution in [0.25, 0.3) is 0 Å². The molecule has 0 amide bonds. The van der Waals surface area contributed by atoms with Gasteiger partial charge in [0.2, 0.25) is 0 Å². The Morgan fingerprint density at radius 1 is 1.35 bits per heavy atom. The third-order valence-electron chi connectivity index (χ3n) is 3.49. The molecule has 3 heterocycles. The molecule has 0 N–H and O–H groups in total. The number of rotatable bonds is 1. The molecule has 0 radical (unpaired) electrons. The number of aryl methyl sites for hydroxylation is 2. The van der Waals surface area contributed by atoms with E-state index in [1.165, 1.54) is 17.1 Å². The van der Waals surface area contributed by atoms with Crippen LogP contribution in [0.3, 0.4) is 0 Å². The zero-order valence-electron chi connectivity index (χ0n) is 10.6. The van der Waals surface area contributed by atoms with Crippen molar-refractivity contribution in [3.8, 4) is 0 Å². The summed E-state index contributed by atoms with van der Waals surface area (Å²) in [6.45, 7) is 8.31. The third kappa shape index (κ3) is 1.68. The van der Waals surface area contributed by atoms with Crippen molar-refractivity contribution in [2.24, 2.45) is 0 Å². The molecule has 0 saturated heterocycles. The summed E-state index contributed by atoms with van der Waals surface area (Å²) in [4.78, 5) is 4.47. The molecule has 0 aromatic carbocycles. The van der Waals surface area contributed by atoms with Gasteiger partial charge in [0.1, 0.15) is 5.82 Å². The van der Waals surface area contributed by atoms with Crippen molar-refractivity contribution in [2.75, 3.05) is 0 Å². The van der Waals surface area contributed by atoms with Gasteiger partial charge in [-0.05, 0) is 18.9 Å². The SMILES string of the molecule is Cc1cnc2n1CCc1cc(C(C)C)nn1C2. The minimum absolute atomic E-state index is 0.496. The van der Waals surface area contributed by atoms with Gasteiger partial charge >= 0.3 is 0 Å². The average Bonchev–Trinajstić information content (AvgIpc) is 2.79. The topological polar surface area (TPSA) is 35.6 Å². The fraction of sp³-hybridized carbons (Fsp3) is 0.538. The van der Waals surface area contributed by atoms with E-state index >= 15 is 0 Å². The molecule has 0 saturated carbocycles. The highest BCUT2D eigenvalue weighted by Crippen LogP contribution is 2.19. The quantitative estimate of drug-likeness (QED) is 0.752. The first-order chi connectivity index (χ1) is 8.15. The Kier molecular flexibility index (Phi) is 2.31. The second-order valence-corrected chi connectivity index (χ2v) is 5.09. The van der Waals surface area contributed by atoms with Crippen LogP contribution in [0.4, 0.5) is 0 Å². The number of nitrogens with zero attached hydrogens (tertiary/aromatic N) is 4. The Labute approximate surface area is 101 Å². The molecule has 0 bridgehead atoms. The van der Waals surface area contributed by atoms with Crippen molar-refractivity contribution in [2.45, 2.75) is 46.2 Å². The highest BCUT2D eigenvalue weighted by molar-refractivity contribution is 5.17. The van der Waals surface area contributed by atoms with E-state index in [-0.39, 0.29) is 0 Å².